The van der Waals surface area contributed by atoms with Crippen molar-refractivity contribution in [2.45, 2.75) is 12.1 Å². The van der Waals surface area contributed by atoms with Gasteiger partial charge in [-0.2, -0.15) is 0 Å². The second-order valence-corrected chi connectivity index (χ2v) is 8.27. The average Bonchev–Trinajstić information content (AvgIpc) is 3.32. The molecule has 9 heteroatoms. The molecular weight excluding hydrogens is 464 g/mol. The largest absolute Gasteiger partial charge is 0.497 e. The standard InChI is InChI=1S/C26H24N4O4S/c1-3-34-21-14-12-20(13-15-21)30-24(19-10-7-11-22(16-19)33-2)28-29-26(30)35-17-23(31)27-25(32)18-8-5-4-6-9-18/h4-16H,3,17H2,1-2H3,(H,27,31,32). The SMILES string of the molecule is CCOc1ccc(-n2c(SCC(=O)NC(=O)c3ccccc3)nnc2-c2cccc(OC)c2)cc1. The lowest BCUT2D eigenvalue weighted by Gasteiger charge is -2.12. The van der Waals surface area contributed by atoms with Gasteiger partial charge in [0, 0.05) is 16.8 Å². The Hall–Kier alpha value is -4.11. The van der Waals surface area contributed by atoms with Crippen LogP contribution in [0.2, 0.25) is 0 Å². The summed E-state index contributed by atoms with van der Waals surface area (Å²) in [5.74, 6) is 1.16. The van der Waals surface area contributed by atoms with Gasteiger partial charge in [0.2, 0.25) is 5.91 Å². The van der Waals surface area contributed by atoms with Crippen LogP contribution in [0.3, 0.4) is 0 Å². The number of benzene rings is 3. The van der Waals surface area contributed by atoms with Crippen molar-refractivity contribution in [1.29, 1.82) is 0 Å². The Bertz CT molecular complexity index is 1310. The molecule has 0 unspecified atom stereocenters. The molecule has 0 atom stereocenters. The number of aromatic nitrogens is 3. The van der Waals surface area contributed by atoms with Gasteiger partial charge in [-0.3, -0.25) is 19.5 Å². The lowest BCUT2D eigenvalue weighted by atomic mass is 10.2. The number of rotatable bonds is 9. The molecule has 1 heterocycles. The fraction of sp³-hybridized carbons (Fsp3) is 0.154. The van der Waals surface area contributed by atoms with E-state index in [4.69, 9.17) is 9.47 Å². The number of carbonyl (C=O) groups excluding carboxylic acids is 2. The first kappa shape index (κ1) is 24.0. The smallest absolute Gasteiger partial charge is 0.257 e. The Morgan fingerprint density at radius 3 is 2.43 bits per heavy atom. The number of hydrogen-bond acceptors (Lipinski definition) is 7. The highest BCUT2D eigenvalue weighted by Crippen LogP contribution is 2.30. The molecule has 0 saturated carbocycles. The third kappa shape index (κ3) is 5.88. The minimum Gasteiger partial charge on any atom is -0.497 e. The molecule has 35 heavy (non-hydrogen) atoms. The van der Waals surface area contributed by atoms with Crippen LogP contribution in [0, 0.1) is 0 Å². The van der Waals surface area contributed by atoms with E-state index >= 15 is 0 Å². The number of methoxy groups -OCH3 is 1. The van der Waals surface area contributed by atoms with Crippen LogP contribution >= 0.6 is 11.8 Å². The monoisotopic (exact) mass is 488 g/mol. The molecule has 0 radical (unpaired) electrons. The van der Waals surface area contributed by atoms with E-state index < -0.39 is 11.8 Å². The fourth-order valence-corrected chi connectivity index (χ4v) is 4.11. The Kier molecular flexibility index (Phi) is 7.79. The number of nitrogens with zero attached hydrogens (tertiary/aromatic N) is 3. The quantitative estimate of drug-likeness (QED) is 0.349. The van der Waals surface area contributed by atoms with Gasteiger partial charge < -0.3 is 9.47 Å². The van der Waals surface area contributed by atoms with E-state index in [1.807, 2.05) is 66.1 Å². The summed E-state index contributed by atoms with van der Waals surface area (Å²) in [6.45, 7) is 2.50. The number of carbonyl (C=O) groups is 2. The molecule has 3 aromatic carbocycles. The zero-order valence-corrected chi connectivity index (χ0v) is 20.1. The summed E-state index contributed by atoms with van der Waals surface area (Å²) < 4.78 is 12.8. The number of thioether (sulfide) groups is 1. The van der Waals surface area contributed by atoms with Crippen molar-refractivity contribution < 1.29 is 19.1 Å². The number of amides is 2. The van der Waals surface area contributed by atoms with E-state index in [1.165, 1.54) is 11.8 Å². The molecule has 4 aromatic rings. The topological polar surface area (TPSA) is 95.3 Å². The molecule has 2 amide bonds. The van der Waals surface area contributed by atoms with Crippen LogP contribution in [0.15, 0.2) is 84.0 Å². The number of hydrogen-bond donors (Lipinski definition) is 1. The van der Waals surface area contributed by atoms with Crippen molar-refractivity contribution in [3.05, 3.63) is 84.4 Å². The van der Waals surface area contributed by atoms with Gasteiger partial charge >= 0.3 is 0 Å². The molecule has 0 fully saturated rings. The maximum atomic E-state index is 12.5. The summed E-state index contributed by atoms with van der Waals surface area (Å²) in [5.41, 5.74) is 2.03. The Morgan fingerprint density at radius 1 is 0.943 bits per heavy atom. The van der Waals surface area contributed by atoms with Gasteiger partial charge in [-0.25, -0.2) is 0 Å². The zero-order valence-electron chi connectivity index (χ0n) is 19.3. The minimum atomic E-state index is -0.443. The van der Waals surface area contributed by atoms with Crippen molar-refractivity contribution in [2.75, 3.05) is 19.5 Å². The van der Waals surface area contributed by atoms with Crippen molar-refractivity contribution in [1.82, 2.24) is 20.1 Å². The van der Waals surface area contributed by atoms with Crippen molar-refractivity contribution in [3.8, 4) is 28.6 Å². The number of nitrogens with one attached hydrogen (secondary N) is 1. The summed E-state index contributed by atoms with van der Waals surface area (Å²) in [6.07, 6.45) is 0. The van der Waals surface area contributed by atoms with Crippen LogP contribution in [0.4, 0.5) is 0 Å². The van der Waals surface area contributed by atoms with E-state index in [-0.39, 0.29) is 5.75 Å². The molecule has 0 saturated heterocycles. The average molecular weight is 489 g/mol. The van der Waals surface area contributed by atoms with Gasteiger partial charge in [-0.05, 0) is 55.5 Å². The summed E-state index contributed by atoms with van der Waals surface area (Å²) in [6, 6.07) is 23.7. The number of imide groups is 1. The molecule has 178 valence electrons. The second kappa shape index (κ2) is 11.3. The van der Waals surface area contributed by atoms with Crippen LogP contribution in [0.1, 0.15) is 17.3 Å². The molecule has 1 N–H and O–H groups in total. The molecule has 0 bridgehead atoms. The first-order valence-corrected chi connectivity index (χ1v) is 11.9. The van der Waals surface area contributed by atoms with Crippen LogP contribution in [-0.4, -0.2) is 46.0 Å². The lowest BCUT2D eigenvalue weighted by Crippen LogP contribution is -2.31. The van der Waals surface area contributed by atoms with Crippen molar-refractivity contribution >= 4 is 23.6 Å². The molecule has 8 nitrogen and oxygen atoms in total. The molecule has 4 rings (SSSR count). The maximum absolute atomic E-state index is 12.5. The molecule has 0 aliphatic carbocycles. The minimum absolute atomic E-state index is 0.00809. The summed E-state index contributed by atoms with van der Waals surface area (Å²) in [7, 11) is 1.60. The summed E-state index contributed by atoms with van der Waals surface area (Å²) >= 11 is 1.19. The predicted molar refractivity (Wildman–Crippen MR) is 134 cm³/mol. The Balaban J connectivity index is 1.59. The van der Waals surface area contributed by atoms with E-state index in [1.54, 1.807) is 31.4 Å². The highest BCUT2D eigenvalue weighted by Gasteiger charge is 2.19. The van der Waals surface area contributed by atoms with Gasteiger partial charge in [0.05, 0.1) is 19.5 Å². The Morgan fingerprint density at radius 2 is 1.71 bits per heavy atom. The van der Waals surface area contributed by atoms with E-state index in [0.29, 0.717) is 28.9 Å². The first-order chi connectivity index (χ1) is 17.1. The lowest BCUT2D eigenvalue weighted by molar-refractivity contribution is -0.117. The fourth-order valence-electron chi connectivity index (χ4n) is 3.36. The normalized spacial score (nSPS) is 10.6. The second-order valence-electron chi connectivity index (χ2n) is 7.33. The molecule has 0 aliphatic rings. The van der Waals surface area contributed by atoms with Crippen LogP contribution in [-0.2, 0) is 4.79 Å². The first-order valence-electron chi connectivity index (χ1n) is 10.9. The van der Waals surface area contributed by atoms with Gasteiger partial charge in [0.1, 0.15) is 11.5 Å². The molecular formula is C26H24N4O4S. The predicted octanol–water partition coefficient (Wildman–Crippen LogP) is 4.39. The van der Waals surface area contributed by atoms with Gasteiger partial charge in [0.15, 0.2) is 11.0 Å². The highest BCUT2D eigenvalue weighted by molar-refractivity contribution is 7.99. The molecule has 0 spiro atoms. The summed E-state index contributed by atoms with van der Waals surface area (Å²) in [5, 5.41) is 11.6. The molecule has 0 aliphatic heterocycles. The van der Waals surface area contributed by atoms with Gasteiger partial charge in [0.25, 0.3) is 5.91 Å². The van der Waals surface area contributed by atoms with Crippen molar-refractivity contribution in [3.63, 3.8) is 0 Å². The maximum Gasteiger partial charge on any atom is 0.257 e. The number of ether oxygens (including phenoxy) is 2. The van der Waals surface area contributed by atoms with E-state index in [9.17, 15) is 9.59 Å². The van der Waals surface area contributed by atoms with Crippen LogP contribution in [0.5, 0.6) is 11.5 Å². The van der Waals surface area contributed by atoms with Crippen LogP contribution in [0.25, 0.3) is 17.1 Å². The summed E-state index contributed by atoms with van der Waals surface area (Å²) in [4.78, 5) is 24.8. The molecule has 1 aromatic heterocycles. The van der Waals surface area contributed by atoms with Gasteiger partial charge in [-0.1, -0.05) is 42.1 Å². The third-order valence-corrected chi connectivity index (χ3v) is 5.92. The van der Waals surface area contributed by atoms with Crippen molar-refractivity contribution in [2.24, 2.45) is 0 Å². The van der Waals surface area contributed by atoms with Crippen LogP contribution < -0.4 is 14.8 Å². The van der Waals surface area contributed by atoms with E-state index in [2.05, 4.69) is 15.5 Å². The zero-order chi connectivity index (χ0) is 24.6. The third-order valence-electron chi connectivity index (χ3n) is 4.99. The van der Waals surface area contributed by atoms with E-state index in [0.717, 1.165) is 17.0 Å². The van der Waals surface area contributed by atoms with Gasteiger partial charge in [-0.15, -0.1) is 10.2 Å². The Labute approximate surface area is 207 Å². The highest BCUT2D eigenvalue weighted by atomic mass is 32.2.